The molecule has 3 N–H and O–H groups in total. The van der Waals surface area contributed by atoms with Gasteiger partial charge in [-0.15, -0.1) is 0 Å². The Bertz CT molecular complexity index is 646. The van der Waals surface area contributed by atoms with Crippen LogP contribution in [-0.4, -0.2) is 18.2 Å². The van der Waals surface area contributed by atoms with Gasteiger partial charge in [0.1, 0.15) is 5.84 Å². The number of benzene rings is 1. The second-order valence-corrected chi connectivity index (χ2v) is 5.92. The first-order valence-corrected chi connectivity index (χ1v) is 7.93. The topological polar surface area (TPSA) is 91.3 Å². The number of amidine groups is 1. The average Bonchev–Trinajstić information content (AvgIpc) is 2.58. The van der Waals surface area contributed by atoms with Gasteiger partial charge in [-0.1, -0.05) is 24.4 Å². The van der Waals surface area contributed by atoms with Gasteiger partial charge in [-0.2, -0.15) is 5.26 Å². The summed E-state index contributed by atoms with van der Waals surface area (Å²) in [5.41, 5.74) is 6.78. The molecule has 1 aliphatic carbocycles. The molecule has 6 heteroatoms. The highest BCUT2D eigenvalue weighted by atomic mass is 35.5. The number of halogens is 1. The first-order chi connectivity index (χ1) is 11.1. The lowest BCUT2D eigenvalue weighted by molar-refractivity contribution is -0.104. The van der Waals surface area contributed by atoms with Crippen LogP contribution in [0.2, 0.25) is 5.02 Å². The highest BCUT2D eigenvalue weighted by molar-refractivity contribution is 6.30. The molecule has 0 amide bonds. The zero-order valence-electron chi connectivity index (χ0n) is 12.7. The molecule has 1 saturated carbocycles. The van der Waals surface area contributed by atoms with Gasteiger partial charge < -0.3 is 11.1 Å². The molecule has 2 unspecified atom stereocenters. The van der Waals surface area contributed by atoms with Crippen LogP contribution in [0.15, 0.2) is 41.0 Å². The molecule has 0 saturated heterocycles. The Kier molecular flexibility index (Phi) is 6.19. The summed E-state index contributed by atoms with van der Waals surface area (Å²) in [5.74, 6) is 0.0847. The zero-order valence-corrected chi connectivity index (χ0v) is 13.5. The molecule has 2 atom stereocenters. The molecular formula is C17H19ClN4O. The number of aldehydes is 1. The van der Waals surface area contributed by atoms with E-state index < -0.39 is 0 Å². The predicted octanol–water partition coefficient (Wildman–Crippen LogP) is 3.08. The van der Waals surface area contributed by atoms with Crippen LogP contribution in [0.5, 0.6) is 0 Å². The molecule has 2 rings (SSSR count). The quantitative estimate of drug-likeness (QED) is 0.375. The number of rotatable bonds is 5. The number of nitrogens with two attached hydrogens (primary N) is 1. The summed E-state index contributed by atoms with van der Waals surface area (Å²) in [6.07, 6.45) is 6.16. The van der Waals surface area contributed by atoms with E-state index in [4.69, 9.17) is 17.3 Å². The van der Waals surface area contributed by atoms with Gasteiger partial charge in [0.15, 0.2) is 6.29 Å². The Morgan fingerprint density at radius 3 is 2.70 bits per heavy atom. The van der Waals surface area contributed by atoms with Crippen LogP contribution in [-0.2, 0) is 4.79 Å². The maximum Gasteiger partial charge on any atom is 0.155 e. The highest BCUT2D eigenvalue weighted by Crippen LogP contribution is 2.23. The third kappa shape index (κ3) is 4.83. The molecule has 1 aromatic rings. The number of nitrogens with one attached hydrogen (secondary N) is 1. The Hall–Kier alpha value is -2.32. The minimum atomic E-state index is -0.0395. The molecule has 1 fully saturated rings. The van der Waals surface area contributed by atoms with Crippen molar-refractivity contribution < 1.29 is 4.79 Å². The van der Waals surface area contributed by atoms with Gasteiger partial charge in [0.05, 0.1) is 23.2 Å². The molecule has 120 valence electrons. The summed E-state index contributed by atoms with van der Waals surface area (Å²) in [6.45, 7) is 0. The summed E-state index contributed by atoms with van der Waals surface area (Å²) >= 11 is 5.82. The van der Waals surface area contributed by atoms with Crippen LogP contribution >= 0.6 is 11.6 Å². The third-order valence-electron chi connectivity index (χ3n) is 3.88. The highest BCUT2D eigenvalue weighted by Gasteiger charge is 2.23. The lowest BCUT2D eigenvalue weighted by atomic mass is 9.85. The van der Waals surface area contributed by atoms with Gasteiger partial charge in [-0.25, -0.2) is 4.99 Å². The van der Waals surface area contributed by atoms with Crippen LogP contribution in [0, 0.1) is 17.2 Å². The van der Waals surface area contributed by atoms with E-state index >= 15 is 0 Å². The molecule has 0 radical (unpaired) electrons. The number of carbonyl (C=O) groups excluding carboxylic acids is 1. The van der Waals surface area contributed by atoms with Crippen molar-refractivity contribution in [1.29, 1.82) is 5.26 Å². The second kappa shape index (κ2) is 8.35. The van der Waals surface area contributed by atoms with Crippen molar-refractivity contribution >= 4 is 29.4 Å². The number of hydrogen-bond acceptors (Lipinski definition) is 4. The summed E-state index contributed by atoms with van der Waals surface area (Å²) in [7, 11) is 0. The van der Waals surface area contributed by atoms with Crippen LogP contribution < -0.4 is 11.1 Å². The van der Waals surface area contributed by atoms with Gasteiger partial charge >= 0.3 is 0 Å². The molecule has 23 heavy (non-hydrogen) atoms. The SMILES string of the molecule is N#CC1CCCCC1N/C=C(/C=O)C(N)=Nc1ccc(Cl)cc1. The number of nitrogens with zero attached hydrogens (tertiary/aromatic N) is 2. The van der Waals surface area contributed by atoms with E-state index in [1.54, 1.807) is 30.5 Å². The fourth-order valence-corrected chi connectivity index (χ4v) is 2.70. The van der Waals surface area contributed by atoms with E-state index in [0.717, 1.165) is 25.7 Å². The lowest BCUT2D eigenvalue weighted by Gasteiger charge is -2.27. The second-order valence-electron chi connectivity index (χ2n) is 5.48. The van der Waals surface area contributed by atoms with Crippen molar-refractivity contribution in [3.63, 3.8) is 0 Å². The molecule has 0 aliphatic heterocycles. The van der Waals surface area contributed by atoms with Crippen molar-refractivity contribution in [1.82, 2.24) is 5.32 Å². The van der Waals surface area contributed by atoms with E-state index in [9.17, 15) is 10.1 Å². The number of nitriles is 1. The van der Waals surface area contributed by atoms with Crippen LogP contribution in [0.1, 0.15) is 25.7 Å². The molecular weight excluding hydrogens is 312 g/mol. The van der Waals surface area contributed by atoms with Crippen LogP contribution in [0.4, 0.5) is 5.69 Å². The maximum absolute atomic E-state index is 11.3. The molecule has 1 aliphatic rings. The number of hydrogen-bond donors (Lipinski definition) is 2. The van der Waals surface area contributed by atoms with Gasteiger partial charge in [0.2, 0.25) is 0 Å². The first kappa shape index (κ1) is 17.0. The molecule has 1 aromatic carbocycles. The molecule has 0 heterocycles. The summed E-state index contributed by atoms with van der Waals surface area (Å²) < 4.78 is 0. The fourth-order valence-electron chi connectivity index (χ4n) is 2.57. The first-order valence-electron chi connectivity index (χ1n) is 7.55. The monoisotopic (exact) mass is 330 g/mol. The van der Waals surface area contributed by atoms with Crippen LogP contribution in [0.25, 0.3) is 0 Å². The van der Waals surface area contributed by atoms with Crippen molar-refractivity contribution in [3.05, 3.63) is 41.1 Å². The summed E-state index contributed by atoms with van der Waals surface area (Å²) in [4.78, 5) is 15.5. The number of aliphatic imine (C=N–C) groups is 1. The summed E-state index contributed by atoms with van der Waals surface area (Å²) in [6, 6.07) is 9.21. The van der Waals surface area contributed by atoms with Gasteiger partial charge in [-0.05, 0) is 37.1 Å². The standard InChI is InChI=1S/C17H19ClN4O/c18-14-5-7-15(8-6-14)22-17(20)13(11-23)10-21-16-4-2-1-3-12(16)9-19/h5-8,10-12,16,21H,1-4H2,(H2,20,22)/b13-10-. The maximum atomic E-state index is 11.3. The van der Waals surface area contributed by atoms with Crippen molar-refractivity contribution in [3.8, 4) is 6.07 Å². The molecule has 0 spiro atoms. The van der Waals surface area contributed by atoms with Crippen molar-refractivity contribution in [2.75, 3.05) is 0 Å². The number of carbonyl (C=O) groups is 1. The average molecular weight is 331 g/mol. The minimum Gasteiger partial charge on any atom is -0.386 e. The normalized spacial score (nSPS) is 22.3. The zero-order chi connectivity index (χ0) is 16.7. The van der Waals surface area contributed by atoms with Gasteiger partial charge in [-0.3, -0.25) is 4.79 Å². The van der Waals surface area contributed by atoms with Crippen molar-refractivity contribution in [2.45, 2.75) is 31.7 Å². The Morgan fingerprint density at radius 2 is 2.04 bits per heavy atom. The van der Waals surface area contributed by atoms with E-state index in [0.29, 0.717) is 17.0 Å². The third-order valence-corrected chi connectivity index (χ3v) is 4.14. The Labute approximate surface area is 140 Å². The van der Waals surface area contributed by atoms with E-state index in [1.165, 1.54) is 0 Å². The van der Waals surface area contributed by atoms with E-state index in [-0.39, 0.29) is 23.4 Å². The van der Waals surface area contributed by atoms with Gasteiger partial charge in [0.25, 0.3) is 0 Å². The lowest BCUT2D eigenvalue weighted by Crippen LogP contribution is -2.35. The van der Waals surface area contributed by atoms with E-state index in [2.05, 4.69) is 16.4 Å². The largest absolute Gasteiger partial charge is 0.386 e. The van der Waals surface area contributed by atoms with Crippen LogP contribution in [0.3, 0.4) is 0 Å². The smallest absolute Gasteiger partial charge is 0.155 e. The van der Waals surface area contributed by atoms with Gasteiger partial charge in [0, 0.05) is 17.3 Å². The molecule has 0 aromatic heterocycles. The Balaban J connectivity index is 2.09. The van der Waals surface area contributed by atoms with E-state index in [1.807, 2.05) is 0 Å². The fraction of sp³-hybridized carbons (Fsp3) is 0.353. The minimum absolute atomic E-state index is 0.0395. The molecule has 5 nitrogen and oxygen atoms in total. The Morgan fingerprint density at radius 1 is 1.35 bits per heavy atom. The summed E-state index contributed by atoms with van der Waals surface area (Å²) in [5, 5.41) is 12.9. The molecule has 0 bridgehead atoms. The predicted molar refractivity (Wildman–Crippen MR) is 91.4 cm³/mol. The van der Waals surface area contributed by atoms with Crippen molar-refractivity contribution in [2.24, 2.45) is 16.6 Å².